The summed E-state index contributed by atoms with van der Waals surface area (Å²) in [7, 11) is 0. The van der Waals surface area contributed by atoms with Gasteiger partial charge < -0.3 is 10.7 Å². The summed E-state index contributed by atoms with van der Waals surface area (Å²) >= 11 is 10.3. The van der Waals surface area contributed by atoms with Gasteiger partial charge in [0, 0.05) is 22.4 Å². The number of aromatic nitrogens is 2. The zero-order valence-corrected chi connectivity index (χ0v) is 17.7. The highest BCUT2D eigenvalue weighted by Gasteiger charge is 2.10. The van der Waals surface area contributed by atoms with Crippen LogP contribution in [-0.4, -0.2) is 22.7 Å². The van der Waals surface area contributed by atoms with Gasteiger partial charge in [0.05, 0.1) is 9.30 Å². The van der Waals surface area contributed by atoms with Crippen molar-refractivity contribution in [3.8, 4) is 0 Å². The zero-order chi connectivity index (χ0) is 17.1. The quantitative estimate of drug-likeness (QED) is 0.489. The van der Waals surface area contributed by atoms with Crippen molar-refractivity contribution < 1.29 is 0 Å². The van der Waals surface area contributed by atoms with Crippen LogP contribution in [0.1, 0.15) is 16.9 Å². The van der Waals surface area contributed by atoms with Crippen LogP contribution in [0.2, 0.25) is 0 Å². The highest BCUT2D eigenvalue weighted by atomic mass is 79.9. The Morgan fingerprint density at radius 2 is 2.17 bits per heavy atom. The molecule has 0 bridgehead atoms. The van der Waals surface area contributed by atoms with E-state index in [1.165, 1.54) is 21.8 Å². The Labute approximate surface area is 164 Å². The molecule has 0 amide bonds. The van der Waals surface area contributed by atoms with E-state index in [0.29, 0.717) is 4.70 Å². The van der Waals surface area contributed by atoms with Crippen LogP contribution in [0.25, 0.3) is 10.2 Å². The normalized spacial score (nSPS) is 11.3. The molecule has 128 valence electrons. The van der Waals surface area contributed by atoms with E-state index in [1.807, 2.05) is 16.1 Å². The Morgan fingerprint density at radius 3 is 2.92 bits per heavy atom. The van der Waals surface area contributed by atoms with Gasteiger partial charge in [0.25, 0.3) is 5.56 Å². The van der Waals surface area contributed by atoms with Crippen molar-refractivity contribution in [2.75, 3.05) is 18.5 Å². The molecular formula is C15H16Br2N4OS2. The molecule has 2 N–H and O–H groups in total. The van der Waals surface area contributed by atoms with Crippen LogP contribution < -0.4 is 16.3 Å². The molecule has 0 atom stereocenters. The predicted octanol–water partition coefficient (Wildman–Crippen LogP) is 4.08. The van der Waals surface area contributed by atoms with E-state index in [1.54, 1.807) is 17.7 Å². The van der Waals surface area contributed by atoms with Crippen LogP contribution in [0.3, 0.4) is 0 Å². The van der Waals surface area contributed by atoms with Crippen molar-refractivity contribution in [3.63, 3.8) is 0 Å². The lowest BCUT2D eigenvalue weighted by Crippen LogP contribution is -2.23. The van der Waals surface area contributed by atoms with Gasteiger partial charge in [0.15, 0.2) is 0 Å². The van der Waals surface area contributed by atoms with E-state index in [2.05, 4.69) is 54.5 Å². The van der Waals surface area contributed by atoms with E-state index in [9.17, 15) is 4.79 Å². The minimum atomic E-state index is -0.164. The van der Waals surface area contributed by atoms with Crippen LogP contribution in [0.4, 0.5) is 0 Å². The second-order valence-electron chi connectivity index (χ2n) is 5.23. The van der Waals surface area contributed by atoms with Crippen molar-refractivity contribution in [2.45, 2.75) is 19.9 Å². The second kappa shape index (κ2) is 8.09. The largest absolute Gasteiger partial charge is 0.324 e. The summed E-state index contributed by atoms with van der Waals surface area (Å²) in [6, 6.07) is 1.93. The summed E-state index contributed by atoms with van der Waals surface area (Å²) in [6.07, 6.45) is 2.53. The maximum atomic E-state index is 11.6. The summed E-state index contributed by atoms with van der Waals surface area (Å²) < 4.78 is 4.80. The van der Waals surface area contributed by atoms with Crippen molar-refractivity contribution in [1.29, 1.82) is 0 Å². The molecule has 3 heterocycles. The number of nitrogens with one attached hydrogen (secondary N) is 2. The molecule has 3 rings (SSSR count). The fourth-order valence-electron chi connectivity index (χ4n) is 2.29. The SMILES string of the molecule is Cc1c(CNCCCNn2cnc(=O)c3sccc32)sc(Br)c1Br. The van der Waals surface area contributed by atoms with E-state index < -0.39 is 0 Å². The lowest BCUT2D eigenvalue weighted by atomic mass is 10.3. The summed E-state index contributed by atoms with van der Waals surface area (Å²) in [6.45, 7) is 4.72. The van der Waals surface area contributed by atoms with Gasteiger partial charge in [0.2, 0.25) is 0 Å². The molecular weight excluding hydrogens is 476 g/mol. The first-order valence-electron chi connectivity index (χ1n) is 7.40. The number of hydrogen-bond acceptors (Lipinski definition) is 6. The highest BCUT2D eigenvalue weighted by molar-refractivity contribution is 9.13. The van der Waals surface area contributed by atoms with Gasteiger partial charge in [-0.1, -0.05) is 0 Å². The molecule has 3 aromatic heterocycles. The Morgan fingerprint density at radius 1 is 1.33 bits per heavy atom. The second-order valence-corrected chi connectivity index (χ2v) is 9.36. The van der Waals surface area contributed by atoms with E-state index >= 15 is 0 Å². The number of rotatable bonds is 7. The summed E-state index contributed by atoms with van der Waals surface area (Å²) in [5.74, 6) is 0. The minimum Gasteiger partial charge on any atom is -0.324 e. The van der Waals surface area contributed by atoms with Gasteiger partial charge in [0.1, 0.15) is 11.0 Å². The Kier molecular flexibility index (Phi) is 6.09. The average Bonchev–Trinajstić information content (AvgIpc) is 3.15. The third-order valence-electron chi connectivity index (χ3n) is 3.62. The van der Waals surface area contributed by atoms with Gasteiger partial charge in [-0.2, -0.15) is 4.98 Å². The van der Waals surface area contributed by atoms with E-state index in [-0.39, 0.29) is 5.56 Å². The number of halogens is 2. The smallest absolute Gasteiger partial charge is 0.290 e. The molecule has 0 aliphatic carbocycles. The standard InChI is InChI=1S/C15H16Br2N4OS2/c1-9-11(24-14(17)12(9)16)7-18-4-2-5-20-21-8-19-15(22)13-10(21)3-6-23-13/h3,6,8,18,20H,2,4-5,7H2,1H3. The van der Waals surface area contributed by atoms with Crippen molar-refractivity contribution in [1.82, 2.24) is 15.0 Å². The molecule has 0 saturated heterocycles. The summed E-state index contributed by atoms with van der Waals surface area (Å²) in [4.78, 5) is 16.9. The van der Waals surface area contributed by atoms with Crippen molar-refractivity contribution >= 4 is 64.8 Å². The number of thiophene rings is 2. The first kappa shape index (κ1) is 18.1. The highest BCUT2D eigenvalue weighted by Crippen LogP contribution is 2.36. The molecule has 3 aromatic rings. The summed E-state index contributed by atoms with van der Waals surface area (Å²) in [5.41, 5.74) is 5.30. The molecule has 0 radical (unpaired) electrons. The van der Waals surface area contributed by atoms with Crippen molar-refractivity contribution in [2.24, 2.45) is 0 Å². The van der Waals surface area contributed by atoms with Gasteiger partial charge in [-0.15, -0.1) is 22.7 Å². The number of fused-ring (bicyclic) bond motifs is 1. The molecule has 9 heteroatoms. The molecule has 0 aliphatic rings. The monoisotopic (exact) mass is 490 g/mol. The molecule has 0 saturated carbocycles. The van der Waals surface area contributed by atoms with Gasteiger partial charge in [-0.25, -0.2) is 4.68 Å². The van der Waals surface area contributed by atoms with Crippen LogP contribution in [0.15, 0.2) is 30.8 Å². The van der Waals surface area contributed by atoms with Crippen molar-refractivity contribution in [3.05, 3.63) is 46.8 Å². The molecule has 0 unspecified atom stereocenters. The zero-order valence-electron chi connectivity index (χ0n) is 12.9. The van der Waals surface area contributed by atoms with Gasteiger partial charge >= 0.3 is 0 Å². The molecule has 24 heavy (non-hydrogen) atoms. The minimum absolute atomic E-state index is 0.164. The first-order valence-corrected chi connectivity index (χ1v) is 10.7. The van der Waals surface area contributed by atoms with E-state index in [4.69, 9.17) is 0 Å². The molecule has 0 fully saturated rings. The molecule has 0 aromatic carbocycles. The lowest BCUT2D eigenvalue weighted by molar-refractivity contribution is 0.650. The van der Waals surface area contributed by atoms with Gasteiger partial charge in [-0.05, 0) is 68.8 Å². The third kappa shape index (κ3) is 3.91. The Balaban J connectivity index is 1.45. The first-order chi connectivity index (χ1) is 11.6. The fraction of sp³-hybridized carbons (Fsp3) is 0.333. The van der Waals surface area contributed by atoms with E-state index in [0.717, 1.165) is 39.8 Å². The maximum Gasteiger partial charge on any atom is 0.290 e. The van der Waals surface area contributed by atoms with Crippen LogP contribution in [0, 0.1) is 6.92 Å². The maximum absolute atomic E-state index is 11.6. The predicted molar refractivity (Wildman–Crippen MR) is 109 cm³/mol. The van der Waals surface area contributed by atoms with Crippen LogP contribution in [-0.2, 0) is 6.54 Å². The summed E-state index contributed by atoms with van der Waals surface area (Å²) in [5, 5.41) is 5.38. The molecule has 5 nitrogen and oxygen atoms in total. The number of hydrogen-bond donors (Lipinski definition) is 2. The third-order valence-corrected chi connectivity index (χ3v) is 8.26. The molecule has 0 aliphatic heterocycles. The lowest BCUT2D eigenvalue weighted by Gasteiger charge is -2.11. The Hall–Kier alpha value is -0.740. The fourth-order valence-corrected chi connectivity index (χ4v) is 5.45. The average molecular weight is 492 g/mol. The van der Waals surface area contributed by atoms with Gasteiger partial charge in [-0.3, -0.25) is 4.79 Å². The Bertz CT molecular complexity index is 903. The van der Waals surface area contributed by atoms with Crippen LogP contribution in [0.5, 0.6) is 0 Å². The number of nitrogens with zero attached hydrogens (tertiary/aromatic N) is 2. The molecule has 0 spiro atoms. The van der Waals surface area contributed by atoms with Crippen LogP contribution >= 0.6 is 54.5 Å². The topological polar surface area (TPSA) is 58.9 Å².